The van der Waals surface area contributed by atoms with Gasteiger partial charge in [-0.15, -0.1) is 0 Å². The molecule has 2 atom stereocenters. The molecule has 1 amide bonds. The molecule has 1 aliphatic carbocycles. The van der Waals surface area contributed by atoms with Gasteiger partial charge in [-0.1, -0.05) is 27.2 Å². The highest BCUT2D eigenvalue weighted by molar-refractivity contribution is 5.81. The van der Waals surface area contributed by atoms with Crippen LogP contribution in [0.5, 0.6) is 0 Å². The van der Waals surface area contributed by atoms with Gasteiger partial charge in [0, 0.05) is 6.04 Å². The summed E-state index contributed by atoms with van der Waals surface area (Å²) in [6, 6.07) is 2.31. The fraction of sp³-hybridized carbons (Fsp3) is 0.846. The van der Waals surface area contributed by atoms with Crippen molar-refractivity contribution in [2.24, 2.45) is 11.3 Å². The van der Waals surface area contributed by atoms with Crippen LogP contribution in [-0.2, 0) is 4.79 Å². The summed E-state index contributed by atoms with van der Waals surface area (Å²) < 4.78 is 0. The first-order chi connectivity index (χ1) is 7.48. The summed E-state index contributed by atoms with van der Waals surface area (Å²) >= 11 is 0. The highest BCUT2D eigenvalue weighted by atomic mass is 16.1. The van der Waals surface area contributed by atoms with Gasteiger partial charge in [-0.25, -0.2) is 0 Å². The Morgan fingerprint density at radius 3 is 2.81 bits per heavy atom. The molecule has 1 fully saturated rings. The Hall–Kier alpha value is -1.04. The van der Waals surface area contributed by atoms with E-state index < -0.39 is 5.92 Å². The van der Waals surface area contributed by atoms with Crippen LogP contribution < -0.4 is 5.32 Å². The topological polar surface area (TPSA) is 52.9 Å². The summed E-state index contributed by atoms with van der Waals surface area (Å²) in [4.78, 5) is 11.8. The van der Waals surface area contributed by atoms with Gasteiger partial charge < -0.3 is 5.32 Å². The molecule has 0 aromatic heterocycles. The van der Waals surface area contributed by atoms with E-state index in [9.17, 15) is 4.79 Å². The quantitative estimate of drug-likeness (QED) is 0.798. The van der Waals surface area contributed by atoms with Crippen molar-refractivity contribution in [1.29, 1.82) is 5.26 Å². The van der Waals surface area contributed by atoms with Crippen molar-refractivity contribution < 1.29 is 4.79 Å². The van der Waals surface area contributed by atoms with Crippen LogP contribution >= 0.6 is 0 Å². The average Bonchev–Trinajstić information content (AvgIpc) is 2.17. The Bertz CT molecular complexity index is 291. The number of amides is 1. The lowest BCUT2D eigenvalue weighted by atomic mass is 9.75. The van der Waals surface area contributed by atoms with Gasteiger partial charge in [-0.05, 0) is 31.1 Å². The van der Waals surface area contributed by atoms with Crippen molar-refractivity contribution in [2.75, 3.05) is 0 Å². The number of hydrogen-bond donors (Lipinski definition) is 1. The van der Waals surface area contributed by atoms with Crippen LogP contribution in [0.1, 0.15) is 52.9 Å². The number of nitriles is 1. The smallest absolute Gasteiger partial charge is 0.237 e. The van der Waals surface area contributed by atoms with Gasteiger partial charge in [0.1, 0.15) is 5.92 Å². The van der Waals surface area contributed by atoms with Crippen molar-refractivity contribution in [2.45, 2.75) is 58.9 Å². The first kappa shape index (κ1) is 13.0. The van der Waals surface area contributed by atoms with Gasteiger partial charge in [0.25, 0.3) is 0 Å². The molecule has 0 radical (unpaired) electrons. The van der Waals surface area contributed by atoms with Crippen LogP contribution in [0.15, 0.2) is 0 Å². The molecule has 1 rings (SSSR count). The Morgan fingerprint density at radius 1 is 1.62 bits per heavy atom. The van der Waals surface area contributed by atoms with E-state index in [4.69, 9.17) is 5.26 Å². The molecule has 1 aliphatic rings. The van der Waals surface area contributed by atoms with Gasteiger partial charge in [-0.3, -0.25) is 4.79 Å². The van der Waals surface area contributed by atoms with E-state index in [0.717, 1.165) is 12.8 Å². The number of carbonyl (C=O) groups is 1. The normalized spacial score (nSPS) is 25.5. The summed E-state index contributed by atoms with van der Waals surface area (Å²) in [5.74, 6) is -0.572. The molecule has 0 aromatic rings. The van der Waals surface area contributed by atoms with E-state index in [0.29, 0.717) is 11.8 Å². The maximum atomic E-state index is 11.8. The molecule has 16 heavy (non-hydrogen) atoms. The zero-order valence-corrected chi connectivity index (χ0v) is 10.5. The van der Waals surface area contributed by atoms with Crippen LogP contribution in [0.2, 0.25) is 0 Å². The van der Waals surface area contributed by atoms with E-state index in [1.54, 1.807) is 0 Å². The number of hydrogen-bond acceptors (Lipinski definition) is 2. The van der Waals surface area contributed by atoms with Gasteiger partial charge in [0.15, 0.2) is 0 Å². The third-order valence-corrected chi connectivity index (χ3v) is 3.43. The fourth-order valence-electron chi connectivity index (χ4n) is 2.46. The number of carbonyl (C=O) groups excluding carboxylic acids is 1. The van der Waals surface area contributed by atoms with Crippen LogP contribution in [0, 0.1) is 22.7 Å². The first-order valence-corrected chi connectivity index (χ1v) is 6.18. The fourth-order valence-corrected chi connectivity index (χ4v) is 2.46. The maximum Gasteiger partial charge on any atom is 0.237 e. The highest BCUT2D eigenvalue weighted by Crippen LogP contribution is 2.35. The van der Waals surface area contributed by atoms with Gasteiger partial charge in [0.2, 0.25) is 5.91 Å². The summed E-state index contributed by atoms with van der Waals surface area (Å²) in [7, 11) is 0. The third kappa shape index (κ3) is 3.52. The van der Waals surface area contributed by atoms with Gasteiger partial charge in [0.05, 0.1) is 6.07 Å². The molecule has 0 spiro atoms. The molecule has 90 valence electrons. The molecule has 3 heteroatoms. The van der Waals surface area contributed by atoms with E-state index in [1.807, 2.05) is 13.0 Å². The lowest BCUT2D eigenvalue weighted by Crippen LogP contribution is -2.42. The zero-order valence-electron chi connectivity index (χ0n) is 10.5. The number of nitrogens with one attached hydrogen (secondary N) is 1. The van der Waals surface area contributed by atoms with Crippen molar-refractivity contribution >= 4 is 5.91 Å². The minimum atomic E-state index is -0.481. The molecule has 0 saturated heterocycles. The minimum Gasteiger partial charge on any atom is -0.352 e. The molecule has 3 nitrogen and oxygen atoms in total. The highest BCUT2D eigenvalue weighted by Gasteiger charge is 2.29. The Labute approximate surface area is 98.2 Å². The molecular formula is C13H22N2O. The minimum absolute atomic E-state index is 0.0901. The molecule has 0 bridgehead atoms. The molecule has 1 N–H and O–H groups in total. The molecule has 0 aromatic carbocycles. The third-order valence-electron chi connectivity index (χ3n) is 3.43. The van der Waals surface area contributed by atoms with Crippen LogP contribution in [0.3, 0.4) is 0 Å². The standard InChI is InChI=1S/C13H22N2O/c1-4-10(9-14)12(16)15-11-6-5-7-13(2,3)8-11/h10-11H,4-8H2,1-3H3,(H,15,16). The lowest BCUT2D eigenvalue weighted by molar-refractivity contribution is -0.124. The van der Waals surface area contributed by atoms with Crippen molar-refractivity contribution in [3.63, 3.8) is 0 Å². The summed E-state index contributed by atoms with van der Waals surface area (Å²) in [6.07, 6.45) is 5.08. The van der Waals surface area contributed by atoms with Gasteiger partial charge >= 0.3 is 0 Å². The molecule has 2 unspecified atom stereocenters. The number of nitrogens with zero attached hydrogens (tertiary/aromatic N) is 1. The van der Waals surface area contributed by atoms with Crippen molar-refractivity contribution in [3.05, 3.63) is 0 Å². The van der Waals surface area contributed by atoms with Crippen LogP contribution in [-0.4, -0.2) is 11.9 Å². The molecule has 0 heterocycles. The second kappa shape index (κ2) is 5.34. The Morgan fingerprint density at radius 2 is 2.31 bits per heavy atom. The Balaban J connectivity index is 2.48. The second-order valence-electron chi connectivity index (χ2n) is 5.56. The zero-order chi connectivity index (χ0) is 12.2. The van der Waals surface area contributed by atoms with Crippen molar-refractivity contribution in [3.8, 4) is 6.07 Å². The molecular weight excluding hydrogens is 200 g/mol. The largest absolute Gasteiger partial charge is 0.352 e. The SMILES string of the molecule is CCC(C#N)C(=O)NC1CCCC(C)(C)C1. The van der Waals surface area contributed by atoms with E-state index >= 15 is 0 Å². The monoisotopic (exact) mass is 222 g/mol. The lowest BCUT2D eigenvalue weighted by Gasteiger charge is -2.35. The van der Waals surface area contributed by atoms with Crippen molar-refractivity contribution in [1.82, 2.24) is 5.32 Å². The van der Waals surface area contributed by atoms with E-state index in [2.05, 4.69) is 19.2 Å². The van der Waals surface area contributed by atoms with E-state index in [1.165, 1.54) is 12.8 Å². The predicted molar refractivity (Wildman–Crippen MR) is 63.6 cm³/mol. The summed E-state index contributed by atoms with van der Waals surface area (Å²) in [5.41, 5.74) is 0.324. The number of rotatable bonds is 3. The molecule has 0 aliphatic heterocycles. The first-order valence-electron chi connectivity index (χ1n) is 6.18. The van der Waals surface area contributed by atoms with Gasteiger partial charge in [-0.2, -0.15) is 5.26 Å². The Kier molecular flexibility index (Phi) is 4.35. The summed E-state index contributed by atoms with van der Waals surface area (Å²) in [5, 5.41) is 11.8. The van der Waals surface area contributed by atoms with Crippen LogP contribution in [0.4, 0.5) is 0 Å². The molecule has 1 saturated carbocycles. The summed E-state index contributed by atoms with van der Waals surface area (Å²) in [6.45, 7) is 6.36. The average molecular weight is 222 g/mol. The predicted octanol–water partition coefficient (Wildman–Crippen LogP) is 2.62. The maximum absolute atomic E-state index is 11.8. The second-order valence-corrected chi connectivity index (χ2v) is 5.56. The van der Waals surface area contributed by atoms with E-state index in [-0.39, 0.29) is 11.9 Å². The van der Waals surface area contributed by atoms with Crippen LogP contribution in [0.25, 0.3) is 0 Å².